The van der Waals surface area contributed by atoms with Gasteiger partial charge in [0.05, 0.1) is 0 Å². The summed E-state index contributed by atoms with van der Waals surface area (Å²) in [6.07, 6.45) is 5.62. The third-order valence-corrected chi connectivity index (χ3v) is 7.45. The first-order chi connectivity index (χ1) is 12.9. The highest BCUT2D eigenvalue weighted by molar-refractivity contribution is 7.90. The minimum atomic E-state index is -3.41. The molecule has 0 bridgehead atoms. The first-order valence-electron chi connectivity index (χ1n) is 9.68. The molecule has 0 aromatic carbocycles. The van der Waals surface area contributed by atoms with E-state index in [4.69, 9.17) is 16.3 Å². The molecule has 0 radical (unpaired) electrons. The summed E-state index contributed by atoms with van der Waals surface area (Å²) in [7, 11) is -3.41. The molecule has 0 spiro atoms. The van der Waals surface area contributed by atoms with Gasteiger partial charge in [-0.15, -0.1) is 10.2 Å². The lowest BCUT2D eigenvalue weighted by molar-refractivity contribution is 0.0545. The third-order valence-electron chi connectivity index (χ3n) is 6.15. The zero-order chi connectivity index (χ0) is 19.0. The maximum Gasteiger partial charge on any atom is 0.179 e. The summed E-state index contributed by atoms with van der Waals surface area (Å²) in [6.45, 7) is 5.29. The van der Waals surface area contributed by atoms with Crippen molar-refractivity contribution >= 4 is 27.3 Å². The van der Waals surface area contributed by atoms with Crippen molar-refractivity contribution in [1.29, 1.82) is 0 Å². The number of aromatic nitrogens is 2. The molecular weight excluding hydrogens is 388 g/mol. The minimum Gasteiger partial charge on any atom is -0.381 e. The third kappa shape index (κ3) is 4.55. The Hall–Kier alpha value is -0.960. The molecule has 3 fully saturated rings. The lowest BCUT2D eigenvalue weighted by atomic mass is 10.00. The number of sulfone groups is 1. The van der Waals surface area contributed by atoms with Crippen molar-refractivity contribution < 1.29 is 13.2 Å². The Morgan fingerprint density at radius 2 is 1.89 bits per heavy atom. The molecule has 2 saturated heterocycles. The normalized spacial score (nSPS) is 29.8. The fourth-order valence-corrected chi connectivity index (χ4v) is 5.87. The summed E-state index contributed by atoms with van der Waals surface area (Å²) in [5, 5.41) is 11.2. The van der Waals surface area contributed by atoms with Crippen LogP contribution >= 0.6 is 11.6 Å². The lowest BCUT2D eigenvalue weighted by Crippen LogP contribution is -2.32. The number of anilines is 1. The molecule has 1 aromatic heterocycles. The van der Waals surface area contributed by atoms with Gasteiger partial charge in [-0.2, -0.15) is 0 Å². The maximum absolute atomic E-state index is 12.0. The van der Waals surface area contributed by atoms with Crippen LogP contribution in [-0.2, 0) is 14.6 Å². The molecular formula is C18H27ClN4O3S. The number of hydrogen-bond acceptors (Lipinski definition) is 7. The van der Waals surface area contributed by atoms with E-state index in [1.165, 1.54) is 31.7 Å². The van der Waals surface area contributed by atoms with E-state index in [0.717, 1.165) is 45.1 Å². The van der Waals surface area contributed by atoms with E-state index >= 15 is 0 Å². The molecule has 1 unspecified atom stereocenters. The van der Waals surface area contributed by atoms with Gasteiger partial charge in [0.25, 0.3) is 0 Å². The molecule has 1 aliphatic carbocycles. The number of fused-ring (bicyclic) bond motifs is 1. The Morgan fingerprint density at radius 1 is 1.22 bits per heavy atom. The Bertz CT molecular complexity index is 771. The van der Waals surface area contributed by atoms with Crippen LogP contribution in [0.25, 0.3) is 0 Å². The second-order valence-electron chi connectivity index (χ2n) is 8.26. The van der Waals surface area contributed by atoms with Gasteiger partial charge in [0.2, 0.25) is 0 Å². The van der Waals surface area contributed by atoms with Gasteiger partial charge in [0.15, 0.2) is 20.8 Å². The summed E-state index contributed by atoms with van der Waals surface area (Å²) in [5.41, 5.74) is 0. The molecule has 150 valence electrons. The number of nitrogens with zero attached hydrogens (tertiary/aromatic N) is 3. The molecule has 7 nitrogen and oxygen atoms in total. The van der Waals surface area contributed by atoms with E-state index in [-0.39, 0.29) is 16.1 Å². The minimum absolute atomic E-state index is 0.0908. The predicted octanol–water partition coefficient (Wildman–Crippen LogP) is 2.08. The second-order valence-corrected chi connectivity index (χ2v) is 10.6. The number of halogens is 1. The molecule has 3 atom stereocenters. The topological polar surface area (TPSA) is 84.4 Å². The molecule has 1 saturated carbocycles. The fraction of sp³-hybridized carbons (Fsp3) is 0.778. The predicted molar refractivity (Wildman–Crippen MR) is 104 cm³/mol. The van der Waals surface area contributed by atoms with Crippen molar-refractivity contribution in [3.63, 3.8) is 0 Å². The van der Waals surface area contributed by atoms with E-state index in [1.807, 2.05) is 0 Å². The molecule has 3 aliphatic rings. The first kappa shape index (κ1) is 19.4. The summed E-state index contributed by atoms with van der Waals surface area (Å²) < 4.78 is 29.5. The lowest BCUT2D eigenvalue weighted by Gasteiger charge is -2.27. The zero-order valence-electron chi connectivity index (χ0n) is 15.6. The van der Waals surface area contributed by atoms with Crippen LogP contribution in [0.5, 0.6) is 0 Å². The molecule has 9 heteroatoms. The first-order valence-corrected chi connectivity index (χ1v) is 12.0. The van der Waals surface area contributed by atoms with Gasteiger partial charge in [-0.3, -0.25) is 0 Å². The molecule has 4 rings (SSSR count). The molecule has 27 heavy (non-hydrogen) atoms. The van der Waals surface area contributed by atoms with Gasteiger partial charge in [-0.05, 0) is 49.5 Å². The van der Waals surface area contributed by atoms with E-state index in [1.54, 1.807) is 0 Å². The SMILES string of the molecule is CS(=O)(=O)c1cc(Cl)nnc1NC1C[C@@H]2CN(CC3CCOCC3)C[C@@H]2C1. The van der Waals surface area contributed by atoms with Gasteiger partial charge < -0.3 is 15.0 Å². The van der Waals surface area contributed by atoms with E-state index in [2.05, 4.69) is 20.4 Å². The fourth-order valence-electron chi connectivity index (χ4n) is 4.89. The van der Waals surface area contributed by atoms with Gasteiger partial charge >= 0.3 is 0 Å². The standard InChI is InChI=1S/C18H27ClN4O3S/c1-27(24,25)16-8-17(19)21-22-18(16)20-15-6-13-10-23(11-14(13)7-15)9-12-2-4-26-5-3-12/h8,12-15H,2-7,9-11H2,1H3,(H,20,22)/t13-,14+,15?. The van der Waals surface area contributed by atoms with Crippen LogP contribution in [0.3, 0.4) is 0 Å². The van der Waals surface area contributed by atoms with Gasteiger partial charge in [-0.25, -0.2) is 8.42 Å². The molecule has 1 N–H and O–H groups in total. The van der Waals surface area contributed by atoms with Crippen LogP contribution < -0.4 is 5.32 Å². The number of rotatable bonds is 5. The van der Waals surface area contributed by atoms with E-state index < -0.39 is 9.84 Å². The van der Waals surface area contributed by atoms with E-state index in [9.17, 15) is 8.42 Å². The summed E-state index contributed by atoms with van der Waals surface area (Å²) in [6, 6.07) is 1.61. The largest absolute Gasteiger partial charge is 0.381 e. The van der Waals surface area contributed by atoms with Crippen LogP contribution in [-0.4, -0.2) is 68.7 Å². The monoisotopic (exact) mass is 414 g/mol. The van der Waals surface area contributed by atoms with Crippen molar-refractivity contribution in [3.8, 4) is 0 Å². The summed E-state index contributed by atoms with van der Waals surface area (Å²) in [4.78, 5) is 2.74. The summed E-state index contributed by atoms with van der Waals surface area (Å²) in [5.74, 6) is 2.44. The highest BCUT2D eigenvalue weighted by atomic mass is 35.5. The number of ether oxygens (including phenoxy) is 1. The Morgan fingerprint density at radius 3 is 2.52 bits per heavy atom. The van der Waals surface area contributed by atoms with Crippen molar-refractivity contribution in [2.24, 2.45) is 17.8 Å². The van der Waals surface area contributed by atoms with Crippen molar-refractivity contribution in [3.05, 3.63) is 11.2 Å². The highest BCUT2D eigenvalue weighted by Crippen LogP contribution is 2.40. The van der Waals surface area contributed by atoms with Crippen molar-refractivity contribution in [1.82, 2.24) is 15.1 Å². The summed E-state index contributed by atoms with van der Waals surface area (Å²) >= 11 is 5.83. The highest BCUT2D eigenvalue weighted by Gasteiger charge is 2.41. The molecule has 3 heterocycles. The van der Waals surface area contributed by atoms with Gasteiger partial charge in [0.1, 0.15) is 4.90 Å². The Labute approximate surface area is 165 Å². The van der Waals surface area contributed by atoms with Gasteiger partial charge in [0, 0.05) is 45.1 Å². The van der Waals surface area contributed by atoms with Gasteiger partial charge in [-0.1, -0.05) is 11.6 Å². The number of nitrogens with one attached hydrogen (secondary N) is 1. The Balaban J connectivity index is 1.35. The molecule has 2 aliphatic heterocycles. The average molecular weight is 415 g/mol. The average Bonchev–Trinajstić information content (AvgIpc) is 3.14. The maximum atomic E-state index is 12.0. The number of hydrogen-bond donors (Lipinski definition) is 1. The zero-order valence-corrected chi connectivity index (χ0v) is 17.2. The quantitative estimate of drug-likeness (QED) is 0.789. The van der Waals surface area contributed by atoms with Crippen LogP contribution in [0.4, 0.5) is 5.82 Å². The molecule has 1 aromatic rings. The van der Waals surface area contributed by atoms with Crippen LogP contribution in [0.1, 0.15) is 25.7 Å². The van der Waals surface area contributed by atoms with Crippen LogP contribution in [0.2, 0.25) is 5.15 Å². The Kier molecular flexibility index (Phi) is 5.60. The van der Waals surface area contributed by atoms with E-state index in [0.29, 0.717) is 17.7 Å². The second kappa shape index (κ2) is 7.81. The van der Waals surface area contributed by atoms with Crippen LogP contribution in [0.15, 0.2) is 11.0 Å². The number of likely N-dealkylation sites (tertiary alicyclic amines) is 1. The van der Waals surface area contributed by atoms with Crippen molar-refractivity contribution in [2.75, 3.05) is 44.4 Å². The smallest absolute Gasteiger partial charge is 0.179 e. The molecule has 0 amide bonds. The van der Waals surface area contributed by atoms with Crippen LogP contribution in [0, 0.1) is 17.8 Å². The van der Waals surface area contributed by atoms with Crippen molar-refractivity contribution in [2.45, 2.75) is 36.6 Å².